The van der Waals surface area contributed by atoms with Crippen LogP contribution < -0.4 is 9.05 Å². The van der Waals surface area contributed by atoms with E-state index >= 15 is 0 Å². The number of aliphatic hydroxyl groups is 3. The van der Waals surface area contributed by atoms with Crippen LogP contribution in [0.1, 0.15) is 0 Å². The summed E-state index contributed by atoms with van der Waals surface area (Å²) < 4.78 is 34.6. The molecule has 2 aromatic carbocycles. The molecule has 0 aliphatic carbocycles. The number of azide groups is 1. The summed E-state index contributed by atoms with van der Waals surface area (Å²) in [6.07, 6.45) is -6.21. The van der Waals surface area contributed by atoms with Gasteiger partial charge in [-0.05, 0) is 29.8 Å². The van der Waals surface area contributed by atoms with Crippen LogP contribution in [-0.4, -0.2) is 52.6 Å². The van der Waals surface area contributed by atoms with E-state index in [-0.39, 0.29) is 11.5 Å². The largest absolute Gasteiger partial charge is 0.587 e. The minimum atomic E-state index is -4.27. The number of hydrogen-bond donors (Lipinski definition) is 3. The van der Waals surface area contributed by atoms with Crippen molar-refractivity contribution in [2.45, 2.75) is 30.6 Å². The van der Waals surface area contributed by atoms with Gasteiger partial charge in [-0.25, -0.2) is 4.57 Å². The molecule has 3 N–H and O–H groups in total. The highest BCUT2D eigenvalue weighted by atomic mass is 31.2. The van der Waals surface area contributed by atoms with Crippen molar-refractivity contribution in [1.29, 1.82) is 0 Å². The molecular formula is C18H20N3O8P. The number of benzene rings is 2. The first-order valence-electron chi connectivity index (χ1n) is 8.89. The van der Waals surface area contributed by atoms with E-state index in [1.54, 1.807) is 60.7 Å². The van der Waals surface area contributed by atoms with Crippen LogP contribution in [0.15, 0.2) is 65.8 Å². The Morgan fingerprint density at radius 3 is 2.00 bits per heavy atom. The van der Waals surface area contributed by atoms with Crippen molar-refractivity contribution in [1.82, 2.24) is 0 Å². The van der Waals surface area contributed by atoms with Gasteiger partial charge in [0.1, 0.15) is 23.7 Å². The van der Waals surface area contributed by atoms with E-state index in [0.717, 1.165) is 0 Å². The highest BCUT2D eigenvalue weighted by Crippen LogP contribution is 2.50. The van der Waals surface area contributed by atoms with E-state index in [1.165, 1.54) is 0 Å². The van der Waals surface area contributed by atoms with Crippen molar-refractivity contribution in [3.8, 4) is 11.5 Å². The lowest BCUT2D eigenvalue weighted by Crippen LogP contribution is -2.57. The Morgan fingerprint density at radius 2 is 1.50 bits per heavy atom. The van der Waals surface area contributed by atoms with Crippen molar-refractivity contribution in [2.75, 3.05) is 6.61 Å². The third-order valence-corrected chi connectivity index (χ3v) is 5.52. The normalized spacial score (nSPS) is 26.4. The Labute approximate surface area is 171 Å². The van der Waals surface area contributed by atoms with Gasteiger partial charge in [0.2, 0.25) is 0 Å². The molecule has 11 nitrogen and oxygen atoms in total. The molecule has 1 aliphatic heterocycles. The van der Waals surface area contributed by atoms with Crippen molar-refractivity contribution < 1.29 is 38.2 Å². The second-order valence-electron chi connectivity index (χ2n) is 6.29. The predicted octanol–water partition coefficient (Wildman–Crippen LogP) is 2.39. The second-order valence-corrected chi connectivity index (χ2v) is 7.81. The number of aliphatic hydroxyl groups excluding tert-OH is 3. The summed E-state index contributed by atoms with van der Waals surface area (Å²) in [5.74, 6) is 0.425. The summed E-state index contributed by atoms with van der Waals surface area (Å²) in [6.45, 7) is -0.556. The van der Waals surface area contributed by atoms with Gasteiger partial charge in [0, 0.05) is 4.91 Å². The van der Waals surface area contributed by atoms with Crippen LogP contribution in [0.2, 0.25) is 0 Å². The van der Waals surface area contributed by atoms with Gasteiger partial charge in [0.15, 0.2) is 6.29 Å². The number of rotatable bonds is 8. The monoisotopic (exact) mass is 437 g/mol. The molecule has 0 bridgehead atoms. The Morgan fingerprint density at radius 1 is 0.967 bits per heavy atom. The van der Waals surface area contributed by atoms with E-state index in [2.05, 4.69) is 10.0 Å². The fourth-order valence-corrected chi connectivity index (χ4v) is 3.95. The lowest BCUT2D eigenvalue weighted by Gasteiger charge is -2.38. The third kappa shape index (κ3) is 5.50. The van der Waals surface area contributed by atoms with Crippen molar-refractivity contribution >= 4 is 7.82 Å². The predicted molar refractivity (Wildman–Crippen MR) is 104 cm³/mol. The maximum atomic E-state index is 13.3. The standard InChI is InChI=1S/C18H20N3O8P/c19-21-20-15-16(22)14(27-18(24)17(15)23)11-26-30(25,28-12-7-3-1-4-8-12)29-13-9-5-2-6-10-13/h1-10,14-18,22-24H,11H2/t14-,15+,16-,17-,18-/m1/s1. The van der Waals surface area contributed by atoms with E-state index in [4.69, 9.17) is 23.8 Å². The molecule has 0 spiro atoms. The van der Waals surface area contributed by atoms with Gasteiger partial charge < -0.3 is 29.1 Å². The molecule has 0 unspecified atom stereocenters. The van der Waals surface area contributed by atoms with Crippen LogP contribution in [-0.2, 0) is 13.8 Å². The average Bonchev–Trinajstić information content (AvgIpc) is 2.74. The van der Waals surface area contributed by atoms with Crippen molar-refractivity contribution in [3.63, 3.8) is 0 Å². The topological polar surface area (TPSA) is 163 Å². The highest BCUT2D eigenvalue weighted by molar-refractivity contribution is 7.49. The lowest BCUT2D eigenvalue weighted by molar-refractivity contribution is -0.257. The third-order valence-electron chi connectivity index (χ3n) is 4.19. The molecular weight excluding hydrogens is 417 g/mol. The molecule has 0 aromatic heterocycles. The molecule has 12 heteroatoms. The van der Waals surface area contributed by atoms with Gasteiger partial charge in [-0.2, -0.15) is 0 Å². The Bertz CT molecular complexity index is 867. The maximum Gasteiger partial charge on any atom is 0.587 e. The summed E-state index contributed by atoms with van der Waals surface area (Å²) in [6, 6.07) is 15.0. The van der Waals surface area contributed by atoms with Gasteiger partial charge in [-0.1, -0.05) is 41.5 Å². The van der Waals surface area contributed by atoms with E-state index < -0.39 is 45.1 Å². The van der Waals surface area contributed by atoms with Gasteiger partial charge in [-0.3, -0.25) is 4.52 Å². The molecule has 3 rings (SSSR count). The van der Waals surface area contributed by atoms with Crippen molar-refractivity contribution in [2.24, 2.45) is 5.11 Å². The smallest absolute Gasteiger partial charge is 0.395 e. The summed E-state index contributed by atoms with van der Waals surface area (Å²) in [4.78, 5) is 2.54. The number of phosphoric ester groups is 1. The highest BCUT2D eigenvalue weighted by Gasteiger charge is 2.45. The molecule has 2 aromatic rings. The number of ether oxygens (including phenoxy) is 1. The summed E-state index contributed by atoms with van der Waals surface area (Å²) in [7, 11) is -4.27. The molecule has 1 fully saturated rings. The van der Waals surface area contributed by atoms with Crippen molar-refractivity contribution in [3.05, 3.63) is 71.1 Å². The molecule has 0 radical (unpaired) electrons. The summed E-state index contributed by atoms with van der Waals surface area (Å²) in [5.41, 5.74) is 8.61. The van der Waals surface area contributed by atoms with Crippen LogP contribution in [0.3, 0.4) is 0 Å². The maximum absolute atomic E-state index is 13.3. The second kappa shape index (κ2) is 9.92. The average molecular weight is 437 g/mol. The summed E-state index contributed by atoms with van der Waals surface area (Å²) >= 11 is 0. The van der Waals surface area contributed by atoms with Gasteiger partial charge in [0.05, 0.1) is 18.8 Å². The Kier molecular flexibility index (Phi) is 7.30. The first-order chi connectivity index (χ1) is 14.4. The minimum absolute atomic E-state index is 0.212. The first-order valence-corrected chi connectivity index (χ1v) is 10.4. The minimum Gasteiger partial charge on any atom is -0.395 e. The molecule has 30 heavy (non-hydrogen) atoms. The number of phosphoric acid groups is 1. The molecule has 1 saturated heterocycles. The van der Waals surface area contributed by atoms with E-state index in [0.29, 0.717) is 0 Å². The van der Waals surface area contributed by atoms with Gasteiger partial charge >= 0.3 is 7.82 Å². The van der Waals surface area contributed by atoms with Crippen LogP contribution in [0, 0.1) is 0 Å². The first kappa shape index (κ1) is 22.1. The zero-order valence-corrected chi connectivity index (χ0v) is 16.4. The van der Waals surface area contributed by atoms with Gasteiger partial charge in [-0.15, -0.1) is 0 Å². The zero-order chi connectivity index (χ0) is 21.6. The van der Waals surface area contributed by atoms with Crippen LogP contribution in [0.25, 0.3) is 10.4 Å². The molecule has 5 atom stereocenters. The molecule has 1 heterocycles. The quantitative estimate of drug-likeness (QED) is 0.245. The van der Waals surface area contributed by atoms with E-state index in [9.17, 15) is 19.9 Å². The SMILES string of the molecule is [N-]=[N+]=N[C@@H]1[C@@H](O)[C@H](O)O[C@H](COP(=O)(Oc2ccccc2)Oc2ccccc2)[C@H]1O. The molecule has 1 aliphatic rings. The molecule has 0 saturated carbocycles. The summed E-state index contributed by atoms with van der Waals surface area (Å²) in [5, 5.41) is 33.2. The fourth-order valence-electron chi connectivity index (χ4n) is 2.72. The fraction of sp³-hybridized carbons (Fsp3) is 0.333. The van der Waals surface area contributed by atoms with Gasteiger partial charge in [0.25, 0.3) is 0 Å². The van der Waals surface area contributed by atoms with Crippen LogP contribution in [0.5, 0.6) is 11.5 Å². The lowest BCUT2D eigenvalue weighted by atomic mass is 9.97. The Balaban J connectivity index is 1.77. The number of nitrogens with zero attached hydrogens (tertiary/aromatic N) is 3. The van der Waals surface area contributed by atoms with E-state index in [1.807, 2.05) is 0 Å². The number of hydrogen-bond acceptors (Lipinski definition) is 9. The van der Waals surface area contributed by atoms with Crippen LogP contribution in [0.4, 0.5) is 0 Å². The molecule has 160 valence electrons. The number of para-hydroxylation sites is 2. The Hall–Kier alpha value is -2.62. The zero-order valence-electron chi connectivity index (χ0n) is 15.5. The molecule has 0 amide bonds. The van der Waals surface area contributed by atoms with Crippen LogP contribution >= 0.6 is 7.82 Å².